The first-order valence-electron chi connectivity index (χ1n) is 6.89. The Hall–Kier alpha value is -1.78. The van der Waals surface area contributed by atoms with Gasteiger partial charge in [-0.1, -0.05) is 29.8 Å². The number of Topliss-reactive ketones (excluding diaryl/α,β-unsaturated/α-hetero) is 1. The predicted octanol–water partition coefficient (Wildman–Crippen LogP) is 4.37. The van der Waals surface area contributed by atoms with E-state index in [0.717, 1.165) is 16.2 Å². The van der Waals surface area contributed by atoms with Gasteiger partial charge in [0.1, 0.15) is 0 Å². The number of benzene rings is 2. The Bertz CT molecular complexity index is 760. The van der Waals surface area contributed by atoms with Gasteiger partial charge in [0.25, 0.3) is 0 Å². The largest absolute Gasteiger partial charge is 0.324 e. The molecule has 112 valence electrons. The number of hydrogen-bond donors (Lipinski definition) is 1. The molecule has 0 spiro atoms. The van der Waals surface area contributed by atoms with Crippen molar-refractivity contribution < 1.29 is 9.59 Å². The SMILES string of the molecule is CC(=O)c1ccc(Cl)c(NC(=O)C2CSc3ccccc32)c1. The summed E-state index contributed by atoms with van der Waals surface area (Å²) in [6.45, 7) is 1.48. The van der Waals surface area contributed by atoms with Crippen LogP contribution in [-0.4, -0.2) is 17.4 Å². The molecule has 5 heteroatoms. The van der Waals surface area contributed by atoms with Crippen molar-refractivity contribution in [3.8, 4) is 0 Å². The average Bonchev–Trinajstić information content (AvgIpc) is 2.93. The average molecular weight is 332 g/mol. The number of amides is 1. The van der Waals surface area contributed by atoms with Gasteiger partial charge in [0.15, 0.2) is 5.78 Å². The zero-order valence-electron chi connectivity index (χ0n) is 11.9. The first-order chi connectivity index (χ1) is 10.6. The summed E-state index contributed by atoms with van der Waals surface area (Å²) < 4.78 is 0. The highest BCUT2D eigenvalue weighted by Gasteiger charge is 2.29. The van der Waals surface area contributed by atoms with E-state index in [-0.39, 0.29) is 17.6 Å². The second kappa shape index (κ2) is 6.15. The van der Waals surface area contributed by atoms with Gasteiger partial charge >= 0.3 is 0 Å². The number of thioether (sulfide) groups is 1. The molecule has 0 radical (unpaired) electrons. The van der Waals surface area contributed by atoms with Crippen LogP contribution in [0.25, 0.3) is 0 Å². The van der Waals surface area contributed by atoms with E-state index in [1.165, 1.54) is 6.92 Å². The summed E-state index contributed by atoms with van der Waals surface area (Å²) in [7, 11) is 0. The summed E-state index contributed by atoms with van der Waals surface area (Å²) in [6.07, 6.45) is 0. The van der Waals surface area contributed by atoms with Crippen molar-refractivity contribution in [3.63, 3.8) is 0 Å². The molecule has 1 amide bonds. The Morgan fingerprint density at radius 2 is 2.00 bits per heavy atom. The molecular weight excluding hydrogens is 318 g/mol. The Morgan fingerprint density at radius 1 is 1.23 bits per heavy atom. The maximum Gasteiger partial charge on any atom is 0.232 e. The number of rotatable bonds is 3. The third-order valence-corrected chi connectivity index (χ3v) is 5.16. The molecule has 0 fully saturated rings. The quantitative estimate of drug-likeness (QED) is 0.849. The van der Waals surface area contributed by atoms with Crippen molar-refractivity contribution in [1.29, 1.82) is 0 Å². The number of ketones is 1. The molecule has 0 aromatic heterocycles. The summed E-state index contributed by atoms with van der Waals surface area (Å²) in [5.41, 5.74) is 2.05. The van der Waals surface area contributed by atoms with Gasteiger partial charge in [-0.25, -0.2) is 0 Å². The molecule has 3 nitrogen and oxygen atoms in total. The van der Waals surface area contributed by atoms with Crippen LogP contribution in [0.1, 0.15) is 28.8 Å². The maximum absolute atomic E-state index is 12.5. The standard InChI is InChI=1S/C17H14ClNO2S/c1-10(20)11-6-7-14(18)15(8-11)19-17(21)13-9-22-16-5-3-2-4-12(13)16/h2-8,13H,9H2,1H3,(H,19,21). The number of hydrogen-bond acceptors (Lipinski definition) is 3. The first-order valence-corrected chi connectivity index (χ1v) is 8.25. The number of anilines is 1. The number of carbonyl (C=O) groups excluding carboxylic acids is 2. The third-order valence-electron chi connectivity index (χ3n) is 3.65. The molecule has 1 heterocycles. The predicted molar refractivity (Wildman–Crippen MR) is 90.0 cm³/mol. The Labute approximate surface area is 138 Å². The van der Waals surface area contributed by atoms with Crippen molar-refractivity contribution in [3.05, 3.63) is 58.6 Å². The second-order valence-corrected chi connectivity index (χ2v) is 6.61. The number of fused-ring (bicyclic) bond motifs is 1. The summed E-state index contributed by atoms with van der Waals surface area (Å²) in [6, 6.07) is 12.8. The molecule has 2 aromatic carbocycles. The number of nitrogens with one attached hydrogen (secondary N) is 1. The van der Waals surface area contributed by atoms with E-state index in [1.54, 1.807) is 30.0 Å². The maximum atomic E-state index is 12.5. The number of halogens is 1. The van der Waals surface area contributed by atoms with E-state index in [2.05, 4.69) is 5.32 Å². The molecule has 0 bridgehead atoms. The van der Waals surface area contributed by atoms with Gasteiger partial charge in [0.2, 0.25) is 5.91 Å². The van der Waals surface area contributed by atoms with Gasteiger partial charge in [0, 0.05) is 16.2 Å². The van der Waals surface area contributed by atoms with Gasteiger partial charge in [-0.15, -0.1) is 11.8 Å². The molecule has 22 heavy (non-hydrogen) atoms. The lowest BCUT2D eigenvalue weighted by Gasteiger charge is -2.13. The van der Waals surface area contributed by atoms with Crippen LogP contribution in [0.4, 0.5) is 5.69 Å². The van der Waals surface area contributed by atoms with Crippen LogP contribution in [0.5, 0.6) is 0 Å². The molecule has 2 aromatic rings. The molecule has 1 N–H and O–H groups in total. The minimum Gasteiger partial charge on any atom is -0.324 e. The van der Waals surface area contributed by atoms with Crippen molar-refractivity contribution in [1.82, 2.24) is 0 Å². The third kappa shape index (κ3) is 2.89. The highest BCUT2D eigenvalue weighted by molar-refractivity contribution is 7.99. The van der Waals surface area contributed by atoms with Gasteiger partial charge in [-0.2, -0.15) is 0 Å². The molecule has 3 rings (SSSR count). The topological polar surface area (TPSA) is 46.2 Å². The molecule has 1 aliphatic rings. The monoisotopic (exact) mass is 331 g/mol. The van der Waals surface area contributed by atoms with Gasteiger partial charge in [0.05, 0.1) is 16.6 Å². The van der Waals surface area contributed by atoms with Gasteiger partial charge < -0.3 is 5.32 Å². The lowest BCUT2D eigenvalue weighted by molar-refractivity contribution is -0.117. The molecular formula is C17H14ClNO2S. The zero-order valence-corrected chi connectivity index (χ0v) is 13.5. The molecule has 0 saturated heterocycles. The number of carbonyl (C=O) groups is 2. The molecule has 1 unspecified atom stereocenters. The summed E-state index contributed by atoms with van der Waals surface area (Å²) in [5.74, 6) is 0.363. The van der Waals surface area contributed by atoms with Crippen molar-refractivity contribution >= 4 is 40.7 Å². The Balaban J connectivity index is 1.84. The lowest BCUT2D eigenvalue weighted by atomic mass is 10.0. The van der Waals surface area contributed by atoms with E-state index in [4.69, 9.17) is 11.6 Å². The van der Waals surface area contributed by atoms with Crippen molar-refractivity contribution in [2.45, 2.75) is 17.7 Å². The minimum absolute atomic E-state index is 0.0612. The molecule has 0 aliphatic carbocycles. The summed E-state index contributed by atoms with van der Waals surface area (Å²) >= 11 is 7.80. The molecule has 0 saturated carbocycles. The highest BCUT2D eigenvalue weighted by Crippen LogP contribution is 2.40. The minimum atomic E-state index is -0.196. The molecule has 1 aliphatic heterocycles. The fourth-order valence-electron chi connectivity index (χ4n) is 2.44. The van der Waals surface area contributed by atoms with Gasteiger partial charge in [-0.05, 0) is 36.8 Å². The van der Waals surface area contributed by atoms with Crippen LogP contribution in [0.15, 0.2) is 47.4 Å². The van der Waals surface area contributed by atoms with Crippen LogP contribution in [0.2, 0.25) is 5.02 Å². The van der Waals surface area contributed by atoms with Crippen LogP contribution in [-0.2, 0) is 4.79 Å². The Morgan fingerprint density at radius 3 is 2.77 bits per heavy atom. The molecule has 1 atom stereocenters. The van der Waals surface area contributed by atoms with Crippen LogP contribution in [0.3, 0.4) is 0 Å². The van der Waals surface area contributed by atoms with Crippen LogP contribution >= 0.6 is 23.4 Å². The van der Waals surface area contributed by atoms with Crippen LogP contribution < -0.4 is 5.32 Å². The van der Waals surface area contributed by atoms with Crippen LogP contribution in [0, 0.1) is 0 Å². The van der Waals surface area contributed by atoms with E-state index < -0.39 is 0 Å². The van der Waals surface area contributed by atoms with E-state index >= 15 is 0 Å². The first kappa shape index (κ1) is 15.1. The summed E-state index contributed by atoms with van der Waals surface area (Å²) in [4.78, 5) is 25.1. The smallest absolute Gasteiger partial charge is 0.232 e. The second-order valence-electron chi connectivity index (χ2n) is 5.14. The lowest BCUT2D eigenvalue weighted by Crippen LogP contribution is -2.21. The summed E-state index contributed by atoms with van der Waals surface area (Å²) in [5, 5.41) is 3.28. The van der Waals surface area contributed by atoms with E-state index in [9.17, 15) is 9.59 Å². The van der Waals surface area contributed by atoms with Crippen molar-refractivity contribution in [2.24, 2.45) is 0 Å². The van der Waals surface area contributed by atoms with E-state index in [1.807, 2.05) is 24.3 Å². The highest BCUT2D eigenvalue weighted by atomic mass is 35.5. The van der Waals surface area contributed by atoms with Gasteiger partial charge in [-0.3, -0.25) is 9.59 Å². The Kier molecular flexibility index (Phi) is 4.23. The zero-order chi connectivity index (χ0) is 15.7. The van der Waals surface area contributed by atoms with Crippen molar-refractivity contribution in [2.75, 3.05) is 11.1 Å². The fraction of sp³-hybridized carbons (Fsp3) is 0.176. The fourth-order valence-corrected chi connectivity index (χ4v) is 3.83. The normalized spacial score (nSPS) is 16.2. The van der Waals surface area contributed by atoms with E-state index in [0.29, 0.717) is 16.3 Å².